The third-order valence-electron chi connectivity index (χ3n) is 3.75. The molecule has 108 valence electrons. The minimum atomic E-state index is 0.272. The third-order valence-corrected chi connectivity index (χ3v) is 3.75. The molecule has 0 amide bonds. The maximum absolute atomic E-state index is 5.97. The van der Waals surface area contributed by atoms with Crippen molar-refractivity contribution in [3.05, 3.63) is 18.0 Å². The Balaban J connectivity index is 1.98. The van der Waals surface area contributed by atoms with E-state index in [1.54, 1.807) is 0 Å². The minimum absolute atomic E-state index is 0.272. The van der Waals surface area contributed by atoms with E-state index in [0.29, 0.717) is 6.04 Å². The smallest absolute Gasteiger partial charge is 0.0858 e. The fourth-order valence-electron chi connectivity index (χ4n) is 2.69. The summed E-state index contributed by atoms with van der Waals surface area (Å²) in [4.78, 5) is 2.46. The van der Waals surface area contributed by atoms with Crippen molar-refractivity contribution in [2.75, 3.05) is 32.8 Å². The molecule has 1 aromatic heterocycles. The molecule has 0 aromatic carbocycles. The van der Waals surface area contributed by atoms with Crippen molar-refractivity contribution in [1.82, 2.24) is 20.0 Å². The Kier molecular flexibility index (Phi) is 5.36. The summed E-state index contributed by atoms with van der Waals surface area (Å²) < 4.78 is 7.83. The number of likely N-dealkylation sites (N-methyl/N-ethyl adjacent to an activating group) is 2. The number of nitrogens with one attached hydrogen (secondary N) is 1. The predicted octanol–water partition coefficient (Wildman–Crippen LogP) is 0.661. The highest BCUT2D eigenvalue weighted by Crippen LogP contribution is 2.13. The van der Waals surface area contributed by atoms with Gasteiger partial charge in [-0.25, -0.2) is 0 Å². The van der Waals surface area contributed by atoms with Crippen molar-refractivity contribution >= 4 is 0 Å². The summed E-state index contributed by atoms with van der Waals surface area (Å²) in [5.41, 5.74) is 1.27. The summed E-state index contributed by atoms with van der Waals surface area (Å²) in [6.07, 6.45) is 5.29. The van der Waals surface area contributed by atoms with Crippen molar-refractivity contribution in [2.24, 2.45) is 7.05 Å². The lowest BCUT2D eigenvalue weighted by Gasteiger charge is -2.36. The van der Waals surface area contributed by atoms with Gasteiger partial charge in [0.15, 0.2) is 0 Å². The zero-order chi connectivity index (χ0) is 13.7. The normalized spacial score (nSPS) is 22.6. The van der Waals surface area contributed by atoms with E-state index in [0.717, 1.165) is 39.2 Å². The van der Waals surface area contributed by atoms with E-state index in [1.165, 1.54) is 5.56 Å². The molecule has 2 unspecified atom stereocenters. The van der Waals surface area contributed by atoms with Crippen molar-refractivity contribution in [3.63, 3.8) is 0 Å². The monoisotopic (exact) mass is 266 g/mol. The van der Waals surface area contributed by atoms with Crippen LogP contribution in [0.5, 0.6) is 0 Å². The van der Waals surface area contributed by atoms with Gasteiger partial charge in [-0.05, 0) is 25.1 Å². The summed E-state index contributed by atoms with van der Waals surface area (Å²) in [5, 5.41) is 7.81. The topological polar surface area (TPSA) is 42.3 Å². The molecule has 1 saturated heterocycles. The highest BCUT2D eigenvalue weighted by Gasteiger charge is 2.27. The first kappa shape index (κ1) is 14.5. The van der Waals surface area contributed by atoms with E-state index in [1.807, 2.05) is 17.9 Å². The van der Waals surface area contributed by atoms with Crippen LogP contribution >= 0.6 is 0 Å². The second kappa shape index (κ2) is 7.03. The van der Waals surface area contributed by atoms with Crippen LogP contribution in [-0.4, -0.2) is 59.6 Å². The first-order valence-corrected chi connectivity index (χ1v) is 7.27. The van der Waals surface area contributed by atoms with Crippen molar-refractivity contribution in [3.8, 4) is 0 Å². The highest BCUT2D eigenvalue weighted by molar-refractivity contribution is 5.07. The van der Waals surface area contributed by atoms with Gasteiger partial charge in [0, 0.05) is 32.4 Å². The Labute approximate surface area is 115 Å². The van der Waals surface area contributed by atoms with Crippen LogP contribution in [0.1, 0.15) is 19.4 Å². The zero-order valence-corrected chi connectivity index (χ0v) is 12.3. The van der Waals surface area contributed by atoms with Crippen LogP contribution < -0.4 is 5.32 Å². The van der Waals surface area contributed by atoms with Crippen LogP contribution in [0, 0.1) is 0 Å². The minimum Gasteiger partial charge on any atom is -0.374 e. The molecule has 0 bridgehead atoms. The molecule has 2 heterocycles. The van der Waals surface area contributed by atoms with Gasteiger partial charge in [-0.2, -0.15) is 5.10 Å². The average molecular weight is 266 g/mol. The molecule has 0 spiro atoms. The van der Waals surface area contributed by atoms with Crippen LogP contribution in [0.2, 0.25) is 0 Å². The molecule has 0 saturated carbocycles. The van der Waals surface area contributed by atoms with Crippen LogP contribution in [0.25, 0.3) is 0 Å². The predicted molar refractivity (Wildman–Crippen MR) is 76.2 cm³/mol. The van der Waals surface area contributed by atoms with E-state index >= 15 is 0 Å². The largest absolute Gasteiger partial charge is 0.374 e. The molecular weight excluding hydrogens is 240 g/mol. The van der Waals surface area contributed by atoms with Crippen molar-refractivity contribution < 1.29 is 4.74 Å². The van der Waals surface area contributed by atoms with E-state index in [2.05, 4.69) is 35.4 Å². The highest BCUT2D eigenvalue weighted by atomic mass is 16.5. The molecule has 0 radical (unpaired) electrons. The van der Waals surface area contributed by atoms with Gasteiger partial charge in [-0.3, -0.25) is 9.58 Å². The van der Waals surface area contributed by atoms with Gasteiger partial charge >= 0.3 is 0 Å². The second-order valence-electron chi connectivity index (χ2n) is 5.19. The number of nitrogens with zero attached hydrogens (tertiary/aromatic N) is 3. The number of aryl methyl sites for hydroxylation is 1. The molecule has 1 aromatic rings. The third kappa shape index (κ3) is 4.03. The lowest BCUT2D eigenvalue weighted by molar-refractivity contribution is -0.0445. The molecular formula is C14H26N4O. The Morgan fingerprint density at radius 1 is 1.53 bits per heavy atom. The van der Waals surface area contributed by atoms with Gasteiger partial charge in [0.2, 0.25) is 0 Å². The molecule has 5 heteroatoms. The van der Waals surface area contributed by atoms with E-state index in [-0.39, 0.29) is 6.10 Å². The number of hydrogen-bond donors (Lipinski definition) is 1. The SMILES string of the molecule is CCNC(Cc1cnn(C)c1)C1CN(CC)CCO1. The van der Waals surface area contributed by atoms with Gasteiger partial charge in [0.25, 0.3) is 0 Å². The van der Waals surface area contributed by atoms with Gasteiger partial charge in [0.05, 0.1) is 18.9 Å². The van der Waals surface area contributed by atoms with Crippen LogP contribution in [-0.2, 0) is 18.2 Å². The maximum Gasteiger partial charge on any atom is 0.0858 e. The molecule has 1 fully saturated rings. The van der Waals surface area contributed by atoms with Gasteiger partial charge in [-0.15, -0.1) is 0 Å². The molecule has 1 N–H and O–H groups in total. The zero-order valence-electron chi connectivity index (χ0n) is 12.3. The number of aromatic nitrogens is 2. The quantitative estimate of drug-likeness (QED) is 0.821. The Bertz CT molecular complexity index is 379. The lowest BCUT2D eigenvalue weighted by atomic mass is 10.0. The first-order valence-electron chi connectivity index (χ1n) is 7.27. The summed E-state index contributed by atoms with van der Waals surface area (Å²) in [7, 11) is 1.96. The summed E-state index contributed by atoms with van der Waals surface area (Å²) in [6.45, 7) is 9.35. The Morgan fingerprint density at radius 2 is 2.37 bits per heavy atom. The van der Waals surface area contributed by atoms with Crippen LogP contribution in [0.15, 0.2) is 12.4 Å². The van der Waals surface area contributed by atoms with E-state index < -0.39 is 0 Å². The molecule has 1 aliphatic rings. The van der Waals surface area contributed by atoms with Gasteiger partial charge in [-0.1, -0.05) is 13.8 Å². The van der Waals surface area contributed by atoms with Crippen LogP contribution in [0.4, 0.5) is 0 Å². The number of morpholine rings is 1. The Hall–Kier alpha value is -0.910. The average Bonchev–Trinajstić information content (AvgIpc) is 2.84. The Morgan fingerprint density at radius 3 is 3.00 bits per heavy atom. The van der Waals surface area contributed by atoms with E-state index in [9.17, 15) is 0 Å². The molecule has 19 heavy (non-hydrogen) atoms. The van der Waals surface area contributed by atoms with Crippen molar-refractivity contribution in [2.45, 2.75) is 32.4 Å². The standard InChI is InChI=1S/C14H26N4O/c1-4-15-13(8-12-9-16-17(3)10-12)14-11-18(5-2)6-7-19-14/h9-10,13-15H,4-8,11H2,1-3H3. The summed E-state index contributed by atoms with van der Waals surface area (Å²) in [6, 6.07) is 0.364. The first-order chi connectivity index (χ1) is 9.22. The number of ether oxygens (including phenoxy) is 1. The summed E-state index contributed by atoms with van der Waals surface area (Å²) >= 11 is 0. The molecule has 2 rings (SSSR count). The molecule has 2 atom stereocenters. The van der Waals surface area contributed by atoms with Gasteiger partial charge in [0.1, 0.15) is 0 Å². The lowest BCUT2D eigenvalue weighted by Crippen LogP contribution is -2.53. The number of rotatable bonds is 6. The van der Waals surface area contributed by atoms with Gasteiger partial charge < -0.3 is 10.1 Å². The fraction of sp³-hybridized carbons (Fsp3) is 0.786. The van der Waals surface area contributed by atoms with Crippen molar-refractivity contribution in [1.29, 1.82) is 0 Å². The molecule has 5 nitrogen and oxygen atoms in total. The molecule has 1 aliphatic heterocycles. The summed E-state index contributed by atoms with van der Waals surface area (Å²) in [5.74, 6) is 0. The molecule has 0 aliphatic carbocycles. The second-order valence-corrected chi connectivity index (χ2v) is 5.19. The maximum atomic E-state index is 5.97. The fourth-order valence-corrected chi connectivity index (χ4v) is 2.69. The number of hydrogen-bond acceptors (Lipinski definition) is 4. The van der Waals surface area contributed by atoms with Crippen LogP contribution in [0.3, 0.4) is 0 Å². The van der Waals surface area contributed by atoms with E-state index in [4.69, 9.17) is 4.74 Å².